The topological polar surface area (TPSA) is 91.8 Å². The third kappa shape index (κ3) is 4.17. The van der Waals surface area contributed by atoms with Gasteiger partial charge in [-0.05, 0) is 24.3 Å². The summed E-state index contributed by atoms with van der Waals surface area (Å²) in [5, 5.41) is 14.4. The van der Waals surface area contributed by atoms with Crippen LogP contribution in [0.4, 0.5) is 5.69 Å². The molecule has 3 aromatic rings. The SMILES string of the molecule is CC(=O)Nc1ccc2nc(-c3ccccc3)cc(C(O)C(=O)N3CCOCC3)c2c1. The Balaban J connectivity index is 1.82. The van der Waals surface area contributed by atoms with Crippen molar-refractivity contribution in [3.8, 4) is 11.3 Å². The second-order valence-electron chi connectivity index (χ2n) is 7.22. The largest absolute Gasteiger partial charge is 0.378 e. The summed E-state index contributed by atoms with van der Waals surface area (Å²) in [5.41, 5.74) is 3.23. The molecular formula is C23H23N3O4. The van der Waals surface area contributed by atoms with Crippen LogP contribution in [0.2, 0.25) is 0 Å². The van der Waals surface area contributed by atoms with Crippen molar-refractivity contribution in [3.05, 3.63) is 60.2 Å². The molecule has 0 aliphatic carbocycles. The van der Waals surface area contributed by atoms with E-state index in [4.69, 9.17) is 9.72 Å². The van der Waals surface area contributed by atoms with E-state index in [-0.39, 0.29) is 11.8 Å². The molecule has 4 rings (SSSR count). The summed E-state index contributed by atoms with van der Waals surface area (Å²) in [6.45, 7) is 3.23. The number of carbonyl (C=O) groups is 2. The molecule has 0 bridgehead atoms. The standard InChI is InChI=1S/C23H23N3O4/c1-15(27)24-17-7-8-20-18(13-17)19(14-21(25-20)16-5-3-2-4-6-16)22(28)23(29)26-9-11-30-12-10-26/h2-8,13-14,22,28H,9-12H2,1H3,(H,24,27). The summed E-state index contributed by atoms with van der Waals surface area (Å²) < 4.78 is 5.31. The molecule has 1 atom stereocenters. The van der Waals surface area contributed by atoms with E-state index in [9.17, 15) is 14.7 Å². The van der Waals surface area contributed by atoms with Gasteiger partial charge in [-0.15, -0.1) is 0 Å². The Morgan fingerprint density at radius 2 is 1.83 bits per heavy atom. The number of carbonyl (C=O) groups excluding carboxylic acids is 2. The second-order valence-corrected chi connectivity index (χ2v) is 7.22. The minimum atomic E-state index is -1.34. The molecule has 2 aromatic carbocycles. The molecule has 0 spiro atoms. The van der Waals surface area contributed by atoms with Crippen LogP contribution in [0.25, 0.3) is 22.2 Å². The highest BCUT2D eigenvalue weighted by atomic mass is 16.5. The number of hydrogen-bond donors (Lipinski definition) is 2. The summed E-state index contributed by atoms with van der Waals surface area (Å²) in [6.07, 6.45) is -1.34. The fourth-order valence-corrected chi connectivity index (χ4v) is 3.61. The van der Waals surface area contributed by atoms with Crippen molar-refractivity contribution in [2.45, 2.75) is 13.0 Å². The number of hydrogen-bond acceptors (Lipinski definition) is 5. The lowest BCUT2D eigenvalue weighted by Crippen LogP contribution is -2.43. The molecule has 1 aromatic heterocycles. The number of morpholine rings is 1. The molecule has 2 heterocycles. The van der Waals surface area contributed by atoms with Gasteiger partial charge in [-0.1, -0.05) is 30.3 Å². The van der Waals surface area contributed by atoms with Gasteiger partial charge < -0.3 is 20.1 Å². The number of anilines is 1. The van der Waals surface area contributed by atoms with Gasteiger partial charge in [0.25, 0.3) is 5.91 Å². The Bertz CT molecular complexity index is 1080. The van der Waals surface area contributed by atoms with Crippen molar-refractivity contribution in [1.82, 2.24) is 9.88 Å². The molecule has 2 amide bonds. The molecule has 1 fully saturated rings. The zero-order chi connectivity index (χ0) is 21.1. The zero-order valence-electron chi connectivity index (χ0n) is 16.7. The predicted octanol–water partition coefficient (Wildman–Crippen LogP) is 2.75. The van der Waals surface area contributed by atoms with Crippen LogP contribution in [0.15, 0.2) is 54.6 Å². The Hall–Kier alpha value is -3.29. The first-order valence-corrected chi connectivity index (χ1v) is 9.85. The molecule has 0 radical (unpaired) electrons. The summed E-state index contributed by atoms with van der Waals surface area (Å²) >= 11 is 0. The first kappa shape index (κ1) is 20.0. The Labute approximate surface area is 174 Å². The molecular weight excluding hydrogens is 382 g/mol. The maximum Gasteiger partial charge on any atom is 0.256 e. The van der Waals surface area contributed by atoms with Crippen LogP contribution in [-0.4, -0.2) is 53.1 Å². The highest BCUT2D eigenvalue weighted by Gasteiger charge is 2.27. The van der Waals surface area contributed by atoms with Crippen LogP contribution in [-0.2, 0) is 14.3 Å². The predicted molar refractivity (Wildman–Crippen MR) is 114 cm³/mol. The molecule has 7 nitrogen and oxygen atoms in total. The number of amides is 2. The highest BCUT2D eigenvalue weighted by Crippen LogP contribution is 2.31. The minimum absolute atomic E-state index is 0.199. The third-order valence-corrected chi connectivity index (χ3v) is 5.08. The number of nitrogens with zero attached hydrogens (tertiary/aromatic N) is 2. The molecule has 1 saturated heterocycles. The van der Waals surface area contributed by atoms with E-state index in [1.165, 1.54) is 6.92 Å². The average molecular weight is 405 g/mol. The summed E-state index contributed by atoms with van der Waals surface area (Å²) in [7, 11) is 0. The van der Waals surface area contributed by atoms with Crippen molar-refractivity contribution in [2.75, 3.05) is 31.6 Å². The van der Waals surface area contributed by atoms with Gasteiger partial charge in [0.15, 0.2) is 6.10 Å². The summed E-state index contributed by atoms with van der Waals surface area (Å²) in [4.78, 5) is 30.8. The van der Waals surface area contributed by atoms with Crippen LogP contribution < -0.4 is 5.32 Å². The molecule has 30 heavy (non-hydrogen) atoms. The van der Waals surface area contributed by atoms with E-state index in [1.54, 1.807) is 29.2 Å². The van der Waals surface area contributed by atoms with Gasteiger partial charge in [0, 0.05) is 42.2 Å². The molecule has 1 aliphatic heterocycles. The van der Waals surface area contributed by atoms with Gasteiger partial charge in [0.2, 0.25) is 5.91 Å². The van der Waals surface area contributed by atoms with Crippen molar-refractivity contribution in [2.24, 2.45) is 0 Å². The fourth-order valence-electron chi connectivity index (χ4n) is 3.61. The van der Waals surface area contributed by atoms with Crippen molar-refractivity contribution in [3.63, 3.8) is 0 Å². The molecule has 2 N–H and O–H groups in total. The number of rotatable bonds is 4. The monoisotopic (exact) mass is 405 g/mol. The quantitative estimate of drug-likeness (QED) is 0.696. The van der Waals surface area contributed by atoms with Gasteiger partial charge >= 0.3 is 0 Å². The van der Waals surface area contributed by atoms with Gasteiger partial charge in [0.05, 0.1) is 24.4 Å². The number of ether oxygens (including phenoxy) is 1. The van der Waals surface area contributed by atoms with Crippen LogP contribution in [0.5, 0.6) is 0 Å². The molecule has 154 valence electrons. The highest BCUT2D eigenvalue weighted by molar-refractivity contribution is 5.96. The van der Waals surface area contributed by atoms with E-state index in [1.807, 2.05) is 30.3 Å². The number of aliphatic hydroxyl groups excluding tert-OH is 1. The van der Waals surface area contributed by atoms with Gasteiger partial charge in [-0.25, -0.2) is 4.98 Å². The summed E-state index contributed by atoms with van der Waals surface area (Å²) in [6, 6.07) is 16.6. The smallest absolute Gasteiger partial charge is 0.256 e. The number of aromatic nitrogens is 1. The van der Waals surface area contributed by atoms with Crippen LogP contribution in [0.3, 0.4) is 0 Å². The number of aliphatic hydroxyl groups is 1. The lowest BCUT2D eigenvalue weighted by molar-refractivity contribution is -0.144. The van der Waals surface area contributed by atoms with Crippen molar-refractivity contribution in [1.29, 1.82) is 0 Å². The molecule has 1 unspecified atom stereocenters. The van der Waals surface area contributed by atoms with E-state index < -0.39 is 6.10 Å². The molecule has 0 saturated carbocycles. The lowest BCUT2D eigenvalue weighted by atomic mass is 9.99. The van der Waals surface area contributed by atoms with E-state index in [2.05, 4.69) is 5.32 Å². The van der Waals surface area contributed by atoms with Gasteiger partial charge in [-0.3, -0.25) is 9.59 Å². The van der Waals surface area contributed by atoms with E-state index >= 15 is 0 Å². The van der Waals surface area contributed by atoms with Gasteiger partial charge in [-0.2, -0.15) is 0 Å². The van der Waals surface area contributed by atoms with E-state index in [0.717, 1.165) is 5.56 Å². The van der Waals surface area contributed by atoms with Crippen LogP contribution in [0, 0.1) is 0 Å². The lowest BCUT2D eigenvalue weighted by Gasteiger charge is -2.29. The Kier molecular flexibility index (Phi) is 5.74. The maximum absolute atomic E-state index is 13.0. The van der Waals surface area contributed by atoms with Crippen molar-refractivity contribution < 1.29 is 19.4 Å². The average Bonchev–Trinajstić information content (AvgIpc) is 2.78. The Morgan fingerprint density at radius 1 is 1.10 bits per heavy atom. The second kappa shape index (κ2) is 8.61. The zero-order valence-corrected chi connectivity index (χ0v) is 16.7. The first-order valence-electron chi connectivity index (χ1n) is 9.85. The first-order chi connectivity index (χ1) is 14.5. The van der Waals surface area contributed by atoms with Crippen LogP contribution >= 0.6 is 0 Å². The maximum atomic E-state index is 13.0. The normalized spacial score (nSPS) is 15.1. The number of fused-ring (bicyclic) bond motifs is 1. The fraction of sp³-hybridized carbons (Fsp3) is 0.261. The molecule has 1 aliphatic rings. The summed E-state index contributed by atoms with van der Waals surface area (Å²) in [5.74, 6) is -0.565. The minimum Gasteiger partial charge on any atom is -0.378 e. The van der Waals surface area contributed by atoms with E-state index in [0.29, 0.717) is 54.2 Å². The Morgan fingerprint density at radius 3 is 2.53 bits per heavy atom. The third-order valence-electron chi connectivity index (χ3n) is 5.08. The number of pyridine rings is 1. The molecule has 7 heteroatoms. The number of nitrogens with one attached hydrogen (secondary N) is 1. The number of benzene rings is 2. The van der Waals surface area contributed by atoms with Gasteiger partial charge in [0.1, 0.15) is 0 Å². The van der Waals surface area contributed by atoms with Crippen LogP contribution in [0.1, 0.15) is 18.6 Å². The van der Waals surface area contributed by atoms with Crippen molar-refractivity contribution >= 4 is 28.4 Å².